The predicted molar refractivity (Wildman–Crippen MR) is 100 cm³/mol. The van der Waals surface area contributed by atoms with Crippen LogP contribution in [0.2, 0.25) is 0 Å². The maximum atomic E-state index is 12.6. The third-order valence-corrected chi connectivity index (χ3v) is 4.92. The highest BCUT2D eigenvalue weighted by Gasteiger charge is 2.30. The first kappa shape index (κ1) is 20.1. The summed E-state index contributed by atoms with van der Waals surface area (Å²) in [4.78, 5) is 16.8. The summed E-state index contributed by atoms with van der Waals surface area (Å²) in [6, 6.07) is 7.46. The van der Waals surface area contributed by atoms with E-state index in [-0.39, 0.29) is 23.3 Å². The van der Waals surface area contributed by atoms with E-state index in [1.54, 1.807) is 18.3 Å². The average molecular weight is 393 g/mol. The number of hydrogen-bond acceptors (Lipinski definition) is 4. The molecule has 0 saturated heterocycles. The molecule has 2 atom stereocenters. The molecule has 1 unspecified atom stereocenters. The van der Waals surface area contributed by atoms with Crippen LogP contribution < -0.4 is 10.6 Å². The number of anilines is 2. The van der Waals surface area contributed by atoms with Crippen LogP contribution in [0.1, 0.15) is 41.6 Å². The first-order valence-corrected chi connectivity index (χ1v) is 9.20. The lowest BCUT2D eigenvalue weighted by atomic mass is 9.86. The standard InChI is InChI=1S/C20H22F3N3O2/c21-20(22,23)14-7-9-15(10-8-14)26-19(28)16-5-3-11-24-18(16)25-12-13-4-1-2-6-17(13)27/h3,5,7-11,13,17,27H,1-2,4,6,12H2,(H,24,25)(H,26,28)/t13?,17-/m1/s1. The van der Waals surface area contributed by atoms with E-state index in [0.29, 0.717) is 12.4 Å². The number of aromatic nitrogens is 1. The molecule has 1 amide bonds. The Hall–Kier alpha value is -2.61. The molecule has 1 saturated carbocycles. The van der Waals surface area contributed by atoms with Gasteiger partial charge in [-0.25, -0.2) is 4.98 Å². The molecule has 0 spiro atoms. The van der Waals surface area contributed by atoms with Gasteiger partial charge in [0.15, 0.2) is 0 Å². The summed E-state index contributed by atoms with van der Waals surface area (Å²) >= 11 is 0. The zero-order valence-corrected chi connectivity index (χ0v) is 15.2. The van der Waals surface area contributed by atoms with Crippen molar-refractivity contribution in [3.05, 3.63) is 53.7 Å². The molecular weight excluding hydrogens is 371 g/mol. The summed E-state index contributed by atoms with van der Waals surface area (Å²) in [6.07, 6.45) is 0.523. The van der Waals surface area contributed by atoms with E-state index < -0.39 is 17.6 Å². The van der Waals surface area contributed by atoms with Crippen LogP contribution in [0.4, 0.5) is 24.7 Å². The summed E-state index contributed by atoms with van der Waals surface area (Å²) in [5, 5.41) is 15.8. The summed E-state index contributed by atoms with van der Waals surface area (Å²) < 4.78 is 37.9. The molecule has 3 N–H and O–H groups in total. The van der Waals surface area contributed by atoms with Gasteiger partial charge in [-0.1, -0.05) is 12.8 Å². The van der Waals surface area contributed by atoms with E-state index in [1.165, 1.54) is 12.1 Å². The number of hydrogen-bond donors (Lipinski definition) is 3. The van der Waals surface area contributed by atoms with E-state index >= 15 is 0 Å². The van der Waals surface area contributed by atoms with E-state index in [9.17, 15) is 23.1 Å². The second-order valence-corrected chi connectivity index (χ2v) is 6.92. The predicted octanol–water partition coefficient (Wildman–Crippen LogP) is 4.32. The van der Waals surface area contributed by atoms with Gasteiger partial charge in [-0.3, -0.25) is 4.79 Å². The molecule has 1 aliphatic carbocycles. The molecule has 0 bridgehead atoms. The number of halogens is 3. The van der Waals surface area contributed by atoms with Crippen LogP contribution in [0, 0.1) is 5.92 Å². The maximum absolute atomic E-state index is 12.6. The zero-order valence-electron chi connectivity index (χ0n) is 15.2. The van der Waals surface area contributed by atoms with E-state index in [0.717, 1.165) is 37.8 Å². The van der Waals surface area contributed by atoms with Crippen molar-refractivity contribution in [2.24, 2.45) is 5.92 Å². The number of benzene rings is 1. The van der Waals surface area contributed by atoms with Gasteiger partial charge < -0.3 is 15.7 Å². The van der Waals surface area contributed by atoms with Gasteiger partial charge in [0.05, 0.1) is 17.2 Å². The van der Waals surface area contributed by atoms with E-state index in [4.69, 9.17) is 0 Å². The lowest BCUT2D eigenvalue weighted by Gasteiger charge is -2.28. The van der Waals surface area contributed by atoms with Crippen molar-refractivity contribution in [3.63, 3.8) is 0 Å². The Kier molecular flexibility index (Phi) is 6.18. The highest BCUT2D eigenvalue weighted by Crippen LogP contribution is 2.30. The molecule has 1 heterocycles. The smallest absolute Gasteiger partial charge is 0.393 e. The highest BCUT2D eigenvalue weighted by molar-refractivity contribution is 6.07. The van der Waals surface area contributed by atoms with Crippen molar-refractivity contribution >= 4 is 17.4 Å². The Morgan fingerprint density at radius 3 is 2.54 bits per heavy atom. The van der Waals surface area contributed by atoms with Crippen molar-refractivity contribution in [2.45, 2.75) is 38.0 Å². The molecule has 2 aromatic rings. The van der Waals surface area contributed by atoms with Crippen LogP contribution in [0.25, 0.3) is 0 Å². The van der Waals surface area contributed by atoms with Crippen molar-refractivity contribution in [2.75, 3.05) is 17.2 Å². The Labute approximate surface area is 161 Å². The number of rotatable bonds is 5. The van der Waals surface area contributed by atoms with Crippen molar-refractivity contribution in [1.82, 2.24) is 4.98 Å². The Balaban J connectivity index is 1.67. The van der Waals surface area contributed by atoms with Crippen molar-refractivity contribution in [3.8, 4) is 0 Å². The van der Waals surface area contributed by atoms with Crippen LogP contribution >= 0.6 is 0 Å². The molecule has 0 radical (unpaired) electrons. The van der Waals surface area contributed by atoms with Crippen LogP contribution in [0.5, 0.6) is 0 Å². The van der Waals surface area contributed by atoms with Gasteiger partial charge in [0.2, 0.25) is 0 Å². The van der Waals surface area contributed by atoms with Gasteiger partial charge in [-0.15, -0.1) is 0 Å². The fourth-order valence-corrected chi connectivity index (χ4v) is 3.32. The minimum atomic E-state index is -4.42. The van der Waals surface area contributed by atoms with Gasteiger partial charge >= 0.3 is 6.18 Å². The Bertz CT molecular complexity index is 809. The molecule has 8 heteroatoms. The normalized spacial score (nSPS) is 19.9. The summed E-state index contributed by atoms with van der Waals surface area (Å²) in [5.74, 6) is 0.00539. The number of nitrogens with zero attached hydrogens (tertiary/aromatic N) is 1. The van der Waals surface area contributed by atoms with Crippen LogP contribution in [-0.4, -0.2) is 28.6 Å². The molecule has 1 aromatic heterocycles. The van der Waals surface area contributed by atoms with Crippen molar-refractivity contribution < 1.29 is 23.1 Å². The minimum Gasteiger partial charge on any atom is -0.393 e. The summed E-state index contributed by atoms with van der Waals surface area (Å²) in [7, 11) is 0. The van der Waals surface area contributed by atoms with Gasteiger partial charge in [-0.05, 0) is 49.2 Å². The minimum absolute atomic E-state index is 0.0987. The number of aliphatic hydroxyl groups excluding tert-OH is 1. The third kappa shape index (κ3) is 5.01. The second kappa shape index (κ2) is 8.60. The number of carbonyl (C=O) groups is 1. The number of amides is 1. The molecule has 3 rings (SSSR count). The fraction of sp³-hybridized carbons (Fsp3) is 0.400. The first-order chi connectivity index (χ1) is 13.3. The summed E-state index contributed by atoms with van der Waals surface area (Å²) in [5.41, 5.74) is -0.233. The fourth-order valence-electron chi connectivity index (χ4n) is 3.32. The zero-order chi connectivity index (χ0) is 20.1. The van der Waals surface area contributed by atoms with Crippen LogP contribution in [0.15, 0.2) is 42.6 Å². The first-order valence-electron chi connectivity index (χ1n) is 9.20. The van der Waals surface area contributed by atoms with Gasteiger partial charge in [0.1, 0.15) is 5.82 Å². The largest absolute Gasteiger partial charge is 0.416 e. The van der Waals surface area contributed by atoms with Gasteiger partial charge in [-0.2, -0.15) is 13.2 Å². The molecule has 5 nitrogen and oxygen atoms in total. The van der Waals surface area contributed by atoms with Gasteiger partial charge in [0, 0.05) is 24.3 Å². The van der Waals surface area contributed by atoms with Crippen LogP contribution in [-0.2, 0) is 6.18 Å². The monoisotopic (exact) mass is 393 g/mol. The molecule has 0 aliphatic heterocycles. The Morgan fingerprint density at radius 1 is 1.14 bits per heavy atom. The summed E-state index contributed by atoms with van der Waals surface area (Å²) in [6.45, 7) is 0.499. The topological polar surface area (TPSA) is 74.2 Å². The number of nitrogens with one attached hydrogen (secondary N) is 2. The molecule has 28 heavy (non-hydrogen) atoms. The number of pyridine rings is 1. The molecule has 1 aliphatic rings. The lowest BCUT2D eigenvalue weighted by molar-refractivity contribution is -0.137. The highest BCUT2D eigenvalue weighted by atomic mass is 19.4. The second-order valence-electron chi connectivity index (χ2n) is 6.92. The lowest BCUT2D eigenvalue weighted by Crippen LogP contribution is -2.31. The van der Waals surface area contributed by atoms with Gasteiger partial charge in [0.25, 0.3) is 5.91 Å². The van der Waals surface area contributed by atoms with E-state index in [2.05, 4.69) is 15.6 Å². The third-order valence-electron chi connectivity index (χ3n) is 4.92. The molecule has 150 valence electrons. The van der Waals surface area contributed by atoms with Crippen molar-refractivity contribution in [1.29, 1.82) is 0 Å². The van der Waals surface area contributed by atoms with E-state index in [1.807, 2.05) is 0 Å². The number of alkyl halides is 3. The SMILES string of the molecule is O=C(Nc1ccc(C(F)(F)F)cc1)c1cccnc1NCC1CCCC[C@H]1O. The average Bonchev–Trinajstić information content (AvgIpc) is 2.67. The van der Waals surface area contributed by atoms with Crippen LogP contribution in [0.3, 0.4) is 0 Å². The number of aliphatic hydroxyl groups is 1. The molecular formula is C20H22F3N3O2. The number of carbonyl (C=O) groups excluding carboxylic acids is 1. The molecule has 1 fully saturated rings. The Morgan fingerprint density at radius 2 is 1.86 bits per heavy atom. The maximum Gasteiger partial charge on any atom is 0.416 e. The quantitative estimate of drug-likeness (QED) is 0.708. The molecule has 1 aromatic carbocycles.